The summed E-state index contributed by atoms with van der Waals surface area (Å²) in [5.74, 6) is 4.92. The van der Waals surface area contributed by atoms with E-state index in [2.05, 4.69) is 0 Å². The molecule has 0 radical (unpaired) electrons. The predicted molar refractivity (Wildman–Crippen MR) is 65.9 cm³/mol. The van der Waals surface area contributed by atoms with Crippen molar-refractivity contribution in [1.82, 2.24) is 0 Å². The topological polar surface area (TPSA) is 51.2 Å². The lowest BCUT2D eigenvalue weighted by molar-refractivity contribution is 0.564. The Balaban J connectivity index is 5.15. The Kier molecular flexibility index (Phi) is 8.35. The molecule has 0 aromatic carbocycles. The number of hydrogen-bond donors (Lipinski definition) is 0. The average molecular weight is 238 g/mol. The van der Waals surface area contributed by atoms with E-state index in [0.29, 0.717) is 5.31 Å². The molecule has 0 rings (SSSR count). The molecule has 16 heavy (non-hydrogen) atoms. The van der Waals surface area contributed by atoms with Crippen molar-refractivity contribution in [3.05, 3.63) is 17.0 Å². The first-order valence-electron chi connectivity index (χ1n) is 5.21. The Bertz CT molecular complexity index is 362. The maximum atomic E-state index is 10.9. The van der Waals surface area contributed by atoms with Crippen LogP contribution in [0.1, 0.15) is 26.7 Å². The third-order valence-corrected chi connectivity index (χ3v) is 4.91. The zero-order valence-electron chi connectivity index (χ0n) is 9.58. The van der Waals surface area contributed by atoms with Gasteiger partial charge in [0, 0.05) is 6.08 Å². The molecular formula is C12H15O3P. The highest BCUT2D eigenvalue weighted by Gasteiger charge is 2.17. The molecule has 0 aliphatic carbocycles. The number of rotatable bonds is 7. The van der Waals surface area contributed by atoms with Gasteiger partial charge in [-0.25, -0.2) is 14.4 Å². The molecular weight excluding hydrogens is 223 g/mol. The average Bonchev–Trinajstić information content (AvgIpc) is 2.29. The van der Waals surface area contributed by atoms with Crippen LogP contribution in [0, 0.1) is 0 Å². The van der Waals surface area contributed by atoms with Crippen molar-refractivity contribution in [1.29, 1.82) is 0 Å². The summed E-state index contributed by atoms with van der Waals surface area (Å²) in [7, 11) is -0.698. The normalized spacial score (nSPS) is 8.94. The highest BCUT2D eigenvalue weighted by Crippen LogP contribution is 2.47. The van der Waals surface area contributed by atoms with Crippen LogP contribution in [0.5, 0.6) is 0 Å². The summed E-state index contributed by atoms with van der Waals surface area (Å²) < 4.78 is 0. The van der Waals surface area contributed by atoms with Crippen molar-refractivity contribution in [2.75, 3.05) is 12.3 Å². The van der Waals surface area contributed by atoms with Gasteiger partial charge in [-0.15, -0.1) is 0 Å². The second-order valence-electron chi connectivity index (χ2n) is 3.22. The fourth-order valence-electron chi connectivity index (χ4n) is 1.37. The van der Waals surface area contributed by atoms with E-state index < -0.39 is 7.92 Å². The van der Waals surface area contributed by atoms with Gasteiger partial charge in [0.05, 0.1) is 10.9 Å². The zero-order chi connectivity index (χ0) is 12.4. The van der Waals surface area contributed by atoms with Crippen LogP contribution in [0.15, 0.2) is 17.0 Å². The summed E-state index contributed by atoms with van der Waals surface area (Å²) in [5.41, 5.74) is 0.0120. The first-order valence-corrected chi connectivity index (χ1v) is 6.92. The van der Waals surface area contributed by atoms with Crippen molar-refractivity contribution in [3.63, 3.8) is 0 Å². The van der Waals surface area contributed by atoms with E-state index in [-0.39, 0.29) is 5.57 Å². The van der Waals surface area contributed by atoms with Crippen molar-refractivity contribution >= 4 is 25.7 Å². The standard InChI is InChI=1S/C12H15O3P/c1-3-7-16(8-4-2)12(10-15)11(9-14)5-6-13/h5H,3-4,7-8H2,1-2H3. The molecule has 3 nitrogen and oxygen atoms in total. The van der Waals surface area contributed by atoms with Gasteiger partial charge in [-0.3, -0.25) is 0 Å². The van der Waals surface area contributed by atoms with Crippen molar-refractivity contribution in [2.45, 2.75) is 26.7 Å². The summed E-state index contributed by atoms with van der Waals surface area (Å²) in [5, 5.41) is 0.317. The zero-order valence-corrected chi connectivity index (χ0v) is 10.5. The molecule has 0 amide bonds. The van der Waals surface area contributed by atoms with Crippen LogP contribution < -0.4 is 0 Å². The first-order chi connectivity index (χ1) is 7.74. The van der Waals surface area contributed by atoms with E-state index in [1.165, 1.54) is 5.94 Å². The van der Waals surface area contributed by atoms with Crippen LogP contribution in [0.4, 0.5) is 0 Å². The maximum absolute atomic E-state index is 10.9. The molecule has 0 heterocycles. The number of carbonyl (C=O) groups excluding carboxylic acids is 3. The van der Waals surface area contributed by atoms with Crippen LogP contribution in [-0.4, -0.2) is 30.1 Å². The monoisotopic (exact) mass is 238 g/mol. The molecule has 4 heteroatoms. The van der Waals surface area contributed by atoms with Gasteiger partial charge < -0.3 is 0 Å². The van der Waals surface area contributed by atoms with Crippen LogP contribution in [-0.2, 0) is 14.4 Å². The SMILES string of the molecule is CCCP(CCC)C(=C=O)C(=C=O)C=C=O. The van der Waals surface area contributed by atoms with Gasteiger partial charge in [0.2, 0.25) is 0 Å². The molecule has 0 fully saturated rings. The van der Waals surface area contributed by atoms with Crippen molar-refractivity contribution in [2.24, 2.45) is 0 Å². The molecule has 0 atom stereocenters. The quantitative estimate of drug-likeness (QED) is 0.388. The lowest BCUT2D eigenvalue weighted by Crippen LogP contribution is -1.96. The summed E-state index contributed by atoms with van der Waals surface area (Å²) in [6.45, 7) is 4.04. The molecule has 0 saturated carbocycles. The number of hydrogen-bond acceptors (Lipinski definition) is 3. The Morgan fingerprint density at radius 2 is 1.62 bits per heavy atom. The summed E-state index contributed by atoms with van der Waals surface area (Å²) >= 11 is 0. The summed E-state index contributed by atoms with van der Waals surface area (Å²) in [4.78, 5) is 31.7. The second-order valence-corrected chi connectivity index (χ2v) is 5.64. The minimum Gasteiger partial charge on any atom is -0.233 e. The predicted octanol–water partition coefficient (Wildman–Crippen LogP) is 2.15. The molecule has 0 spiro atoms. The Morgan fingerprint density at radius 1 is 1.06 bits per heavy atom. The van der Waals surface area contributed by atoms with Gasteiger partial charge in [0.1, 0.15) is 17.8 Å². The number of allylic oxidation sites excluding steroid dienone is 3. The smallest absolute Gasteiger partial charge is 0.134 e. The third kappa shape index (κ3) is 4.53. The van der Waals surface area contributed by atoms with Gasteiger partial charge in [-0.1, -0.05) is 34.6 Å². The Morgan fingerprint density at radius 3 is 1.94 bits per heavy atom. The molecule has 0 bridgehead atoms. The second kappa shape index (κ2) is 9.04. The van der Waals surface area contributed by atoms with E-state index in [0.717, 1.165) is 31.2 Å². The van der Waals surface area contributed by atoms with E-state index >= 15 is 0 Å². The minimum atomic E-state index is -0.698. The van der Waals surface area contributed by atoms with Gasteiger partial charge >= 0.3 is 0 Å². The summed E-state index contributed by atoms with van der Waals surface area (Å²) in [6.07, 6.45) is 4.58. The summed E-state index contributed by atoms with van der Waals surface area (Å²) in [6, 6.07) is 0. The Hall–Kier alpha value is -1.22. The highest BCUT2D eigenvalue weighted by atomic mass is 31.1. The Labute approximate surface area is 96.7 Å². The van der Waals surface area contributed by atoms with Gasteiger partial charge in [0.15, 0.2) is 0 Å². The van der Waals surface area contributed by atoms with Crippen LogP contribution in [0.3, 0.4) is 0 Å². The molecule has 86 valence electrons. The molecule has 0 aromatic rings. The molecule has 0 aromatic heterocycles. The maximum Gasteiger partial charge on any atom is 0.134 e. The fraction of sp³-hybridized carbons (Fsp3) is 0.500. The molecule has 0 N–H and O–H groups in total. The van der Waals surface area contributed by atoms with Gasteiger partial charge in [-0.05, 0) is 12.3 Å². The molecule has 0 aliphatic rings. The van der Waals surface area contributed by atoms with Gasteiger partial charge in [0.25, 0.3) is 0 Å². The molecule has 0 saturated heterocycles. The molecule has 0 aliphatic heterocycles. The first kappa shape index (κ1) is 14.8. The van der Waals surface area contributed by atoms with Gasteiger partial charge in [-0.2, -0.15) is 0 Å². The highest BCUT2D eigenvalue weighted by molar-refractivity contribution is 7.62. The lowest BCUT2D eigenvalue weighted by atomic mass is 10.3. The van der Waals surface area contributed by atoms with E-state index in [9.17, 15) is 14.4 Å². The largest absolute Gasteiger partial charge is 0.233 e. The van der Waals surface area contributed by atoms with E-state index in [1.807, 2.05) is 13.8 Å². The fourth-order valence-corrected chi connectivity index (χ4v) is 3.70. The minimum absolute atomic E-state index is 0.0120. The molecule has 0 unspecified atom stereocenters. The van der Waals surface area contributed by atoms with Crippen molar-refractivity contribution < 1.29 is 14.4 Å². The van der Waals surface area contributed by atoms with Crippen LogP contribution >= 0.6 is 7.92 Å². The van der Waals surface area contributed by atoms with Crippen molar-refractivity contribution in [3.8, 4) is 0 Å². The van der Waals surface area contributed by atoms with Crippen LogP contribution in [0.2, 0.25) is 0 Å². The lowest BCUT2D eigenvalue weighted by Gasteiger charge is -2.15. The van der Waals surface area contributed by atoms with E-state index in [4.69, 9.17) is 0 Å². The van der Waals surface area contributed by atoms with E-state index in [1.54, 1.807) is 11.9 Å². The third-order valence-electron chi connectivity index (χ3n) is 1.97. The van der Waals surface area contributed by atoms with Crippen LogP contribution in [0.25, 0.3) is 0 Å².